The minimum Gasteiger partial charge on any atom is -0.394 e. The third kappa shape index (κ3) is 1.91. The average Bonchev–Trinajstić information content (AvgIpc) is 2.31. The monoisotopic (exact) mass is 147 g/mol. The van der Waals surface area contributed by atoms with Crippen molar-refractivity contribution in [3.63, 3.8) is 0 Å². The Kier molecular flexibility index (Phi) is 3.08. The van der Waals surface area contributed by atoms with Gasteiger partial charge in [0, 0.05) is 13.1 Å². The molecule has 0 bridgehead atoms. The largest absolute Gasteiger partial charge is 0.394 e. The predicted molar refractivity (Wildman–Crippen MR) is 35.7 cm³/mol. The van der Waals surface area contributed by atoms with Crippen molar-refractivity contribution in [3.8, 4) is 0 Å². The summed E-state index contributed by atoms with van der Waals surface area (Å²) in [7, 11) is 0. The van der Waals surface area contributed by atoms with Crippen LogP contribution in [0.15, 0.2) is 0 Å². The molecule has 0 aromatic heterocycles. The van der Waals surface area contributed by atoms with Gasteiger partial charge in [-0.25, -0.2) is 0 Å². The molecular weight excluding hydrogens is 134 g/mol. The third-order valence-corrected chi connectivity index (χ3v) is 1.55. The molecule has 0 unspecified atom stereocenters. The number of nitrogens with one attached hydrogen (secondary N) is 1. The smallest absolute Gasteiger partial charge is 0.0971 e. The van der Waals surface area contributed by atoms with Crippen molar-refractivity contribution in [2.24, 2.45) is 0 Å². The van der Waals surface area contributed by atoms with E-state index < -0.39 is 6.10 Å². The first-order valence-corrected chi connectivity index (χ1v) is 3.46. The van der Waals surface area contributed by atoms with Gasteiger partial charge in [0.1, 0.15) is 0 Å². The Hall–Kier alpha value is -0.160. The predicted octanol–water partition coefficient (Wildman–Crippen LogP) is -1.67. The summed E-state index contributed by atoms with van der Waals surface area (Å²) in [5.74, 6) is 0. The quantitative estimate of drug-likeness (QED) is 0.446. The zero-order valence-corrected chi connectivity index (χ0v) is 5.79. The number of hydrogen-bond acceptors (Lipinski definition) is 4. The van der Waals surface area contributed by atoms with E-state index in [1.54, 1.807) is 0 Å². The zero-order valence-electron chi connectivity index (χ0n) is 5.79. The summed E-state index contributed by atoms with van der Waals surface area (Å²) < 4.78 is 5.10. The lowest BCUT2D eigenvalue weighted by atomic mass is 10.3. The molecule has 0 amide bonds. The molecule has 4 nitrogen and oxygen atoms in total. The second-order valence-electron chi connectivity index (χ2n) is 2.36. The molecule has 4 heteroatoms. The van der Waals surface area contributed by atoms with Crippen LogP contribution in [0.2, 0.25) is 0 Å². The van der Waals surface area contributed by atoms with E-state index in [1.807, 2.05) is 0 Å². The van der Waals surface area contributed by atoms with Crippen molar-refractivity contribution in [2.45, 2.75) is 12.2 Å². The summed E-state index contributed by atoms with van der Waals surface area (Å²) in [5, 5.41) is 20.5. The van der Waals surface area contributed by atoms with Crippen molar-refractivity contribution >= 4 is 0 Å². The van der Waals surface area contributed by atoms with Gasteiger partial charge in [0.15, 0.2) is 0 Å². The molecule has 1 rings (SSSR count). The van der Waals surface area contributed by atoms with Gasteiger partial charge in [-0.3, -0.25) is 0 Å². The van der Waals surface area contributed by atoms with E-state index in [4.69, 9.17) is 14.9 Å². The van der Waals surface area contributed by atoms with Gasteiger partial charge >= 0.3 is 0 Å². The molecule has 1 saturated heterocycles. The summed E-state index contributed by atoms with van der Waals surface area (Å²) in [6.45, 7) is 1.60. The van der Waals surface area contributed by atoms with Crippen LogP contribution in [0.3, 0.4) is 0 Å². The van der Waals surface area contributed by atoms with Crippen LogP contribution in [-0.4, -0.2) is 48.7 Å². The SMILES string of the molecule is OCCO[C@H]1CNC[C@@H]1O. The lowest BCUT2D eigenvalue weighted by Crippen LogP contribution is -2.27. The molecule has 0 radical (unpaired) electrons. The molecule has 2 atom stereocenters. The van der Waals surface area contributed by atoms with Crippen molar-refractivity contribution < 1.29 is 14.9 Å². The molecule has 0 aromatic rings. The molecular formula is C6H13NO3. The Morgan fingerprint density at radius 3 is 2.80 bits per heavy atom. The summed E-state index contributed by atoms with van der Waals surface area (Å²) >= 11 is 0. The van der Waals surface area contributed by atoms with Gasteiger partial charge in [-0.05, 0) is 0 Å². The van der Waals surface area contributed by atoms with E-state index in [9.17, 15) is 0 Å². The molecule has 1 fully saturated rings. The van der Waals surface area contributed by atoms with E-state index in [-0.39, 0.29) is 12.7 Å². The van der Waals surface area contributed by atoms with Crippen LogP contribution >= 0.6 is 0 Å². The van der Waals surface area contributed by atoms with E-state index in [0.717, 1.165) is 0 Å². The first-order valence-electron chi connectivity index (χ1n) is 3.46. The van der Waals surface area contributed by atoms with Crippen molar-refractivity contribution in [3.05, 3.63) is 0 Å². The number of aliphatic hydroxyl groups is 2. The molecule has 1 aliphatic heterocycles. The van der Waals surface area contributed by atoms with Gasteiger partial charge in [0.25, 0.3) is 0 Å². The number of ether oxygens (including phenoxy) is 1. The summed E-state index contributed by atoms with van der Waals surface area (Å²) in [6, 6.07) is 0. The maximum absolute atomic E-state index is 9.15. The van der Waals surface area contributed by atoms with E-state index in [2.05, 4.69) is 5.32 Å². The maximum Gasteiger partial charge on any atom is 0.0971 e. The zero-order chi connectivity index (χ0) is 7.40. The lowest BCUT2D eigenvalue weighted by molar-refractivity contribution is -0.0206. The Labute approximate surface area is 59.8 Å². The van der Waals surface area contributed by atoms with Gasteiger partial charge in [0.2, 0.25) is 0 Å². The van der Waals surface area contributed by atoms with Gasteiger partial charge in [-0.2, -0.15) is 0 Å². The minimum absolute atomic E-state index is 0.0171. The molecule has 0 aliphatic carbocycles. The van der Waals surface area contributed by atoms with E-state index in [0.29, 0.717) is 19.7 Å². The van der Waals surface area contributed by atoms with E-state index >= 15 is 0 Å². The maximum atomic E-state index is 9.15. The molecule has 10 heavy (non-hydrogen) atoms. The summed E-state index contributed by atoms with van der Waals surface area (Å²) in [4.78, 5) is 0. The normalized spacial score (nSPS) is 33.0. The van der Waals surface area contributed by atoms with Crippen molar-refractivity contribution in [1.82, 2.24) is 5.32 Å². The number of β-amino-alcohol motifs (C(OH)–C–C–N with tert-alkyl or cyclic N) is 1. The molecule has 0 aromatic carbocycles. The highest BCUT2D eigenvalue weighted by Gasteiger charge is 2.24. The second-order valence-corrected chi connectivity index (χ2v) is 2.36. The molecule has 1 aliphatic rings. The van der Waals surface area contributed by atoms with Gasteiger partial charge in [-0.1, -0.05) is 0 Å². The Morgan fingerprint density at radius 2 is 2.30 bits per heavy atom. The van der Waals surface area contributed by atoms with Crippen LogP contribution < -0.4 is 5.32 Å². The standard InChI is InChI=1S/C6H13NO3/c8-1-2-10-6-4-7-3-5(6)9/h5-9H,1-4H2/t5-,6-/m0/s1. The van der Waals surface area contributed by atoms with Crippen LogP contribution in [0.1, 0.15) is 0 Å². The molecule has 3 N–H and O–H groups in total. The van der Waals surface area contributed by atoms with Crippen LogP contribution in [0.5, 0.6) is 0 Å². The summed E-state index contributed by atoms with van der Waals surface area (Å²) in [5.41, 5.74) is 0. The van der Waals surface area contributed by atoms with E-state index in [1.165, 1.54) is 0 Å². The van der Waals surface area contributed by atoms with Gasteiger partial charge < -0.3 is 20.3 Å². The minimum atomic E-state index is -0.411. The molecule has 1 heterocycles. The fourth-order valence-electron chi connectivity index (χ4n) is 1.02. The first-order chi connectivity index (χ1) is 4.84. The van der Waals surface area contributed by atoms with Gasteiger partial charge in [-0.15, -0.1) is 0 Å². The van der Waals surface area contributed by atoms with Crippen LogP contribution in [0, 0.1) is 0 Å². The topological polar surface area (TPSA) is 61.7 Å². The van der Waals surface area contributed by atoms with Crippen molar-refractivity contribution in [1.29, 1.82) is 0 Å². The fraction of sp³-hybridized carbons (Fsp3) is 1.00. The fourth-order valence-corrected chi connectivity index (χ4v) is 1.02. The highest BCUT2D eigenvalue weighted by atomic mass is 16.5. The first kappa shape index (κ1) is 7.94. The average molecular weight is 147 g/mol. The highest BCUT2D eigenvalue weighted by molar-refractivity contribution is 4.80. The van der Waals surface area contributed by atoms with Crippen LogP contribution in [0.25, 0.3) is 0 Å². The number of rotatable bonds is 3. The van der Waals surface area contributed by atoms with Crippen LogP contribution in [0.4, 0.5) is 0 Å². The highest BCUT2D eigenvalue weighted by Crippen LogP contribution is 2.03. The Balaban J connectivity index is 2.14. The van der Waals surface area contributed by atoms with Gasteiger partial charge in [0.05, 0.1) is 25.4 Å². The lowest BCUT2D eigenvalue weighted by Gasteiger charge is -2.12. The Bertz CT molecular complexity index is 99.0. The summed E-state index contributed by atoms with van der Waals surface area (Å²) in [6.07, 6.45) is -0.543. The van der Waals surface area contributed by atoms with Crippen molar-refractivity contribution in [2.75, 3.05) is 26.3 Å². The second kappa shape index (κ2) is 3.88. The third-order valence-electron chi connectivity index (χ3n) is 1.55. The number of hydrogen-bond donors (Lipinski definition) is 3. The number of aliphatic hydroxyl groups excluding tert-OH is 2. The Morgan fingerprint density at radius 1 is 1.50 bits per heavy atom. The molecule has 0 saturated carbocycles. The van der Waals surface area contributed by atoms with Crippen LogP contribution in [-0.2, 0) is 4.74 Å². The molecule has 60 valence electrons. The molecule has 0 spiro atoms.